The molecule has 1 atom stereocenters. The van der Waals surface area contributed by atoms with Gasteiger partial charge < -0.3 is 10.2 Å². The van der Waals surface area contributed by atoms with E-state index in [1.54, 1.807) is 11.3 Å². The standard InChI is InChI=1S/C26H24N4O3S/c1-14-15(2)34-26-23(14)24(27-21(12-22(32)33)25-29-28-16(3)30(25)26)20-10-8-19(9-11-20)18-6-4-17(13-31)5-7-18/h4-11,21,31H,12-13H2,1-3H3,(H,32,33)/t21-/m0/s1. The zero-order valence-corrected chi connectivity index (χ0v) is 19.9. The van der Waals surface area contributed by atoms with Crippen molar-refractivity contribution in [3.8, 4) is 16.1 Å². The van der Waals surface area contributed by atoms with Gasteiger partial charge in [0.05, 0.1) is 18.7 Å². The van der Waals surface area contributed by atoms with E-state index in [0.717, 1.165) is 44.1 Å². The molecule has 4 aromatic rings. The van der Waals surface area contributed by atoms with Crippen molar-refractivity contribution in [2.24, 2.45) is 4.99 Å². The van der Waals surface area contributed by atoms with Crippen molar-refractivity contribution in [2.45, 2.75) is 39.8 Å². The van der Waals surface area contributed by atoms with Gasteiger partial charge in [0.1, 0.15) is 16.9 Å². The second kappa shape index (κ2) is 8.62. The molecule has 0 unspecified atom stereocenters. The SMILES string of the molecule is Cc1sc2c(c1C)C(c1ccc(-c3ccc(CO)cc3)cc1)=N[C@@H](CC(=O)O)c1nnc(C)n1-2. The highest BCUT2D eigenvalue weighted by atomic mass is 32.1. The molecule has 0 amide bonds. The summed E-state index contributed by atoms with van der Waals surface area (Å²) in [4.78, 5) is 17.8. The lowest BCUT2D eigenvalue weighted by atomic mass is 9.96. The van der Waals surface area contributed by atoms with Crippen LogP contribution in [0.25, 0.3) is 16.1 Å². The monoisotopic (exact) mass is 472 g/mol. The number of benzene rings is 2. The van der Waals surface area contributed by atoms with Crippen LogP contribution < -0.4 is 0 Å². The van der Waals surface area contributed by atoms with Gasteiger partial charge in [0.25, 0.3) is 0 Å². The zero-order chi connectivity index (χ0) is 24.0. The number of carboxylic acids is 1. The minimum absolute atomic E-state index is 0.0186. The highest BCUT2D eigenvalue weighted by molar-refractivity contribution is 7.15. The number of aliphatic carboxylic acids is 1. The van der Waals surface area contributed by atoms with Crippen molar-refractivity contribution in [1.82, 2.24) is 14.8 Å². The van der Waals surface area contributed by atoms with Gasteiger partial charge in [-0.25, -0.2) is 0 Å². The number of aliphatic hydroxyl groups excluding tert-OH is 1. The van der Waals surface area contributed by atoms with E-state index in [4.69, 9.17) is 4.99 Å². The molecular formula is C26H24N4O3S. The Bertz CT molecular complexity index is 1420. The molecule has 0 spiro atoms. The van der Waals surface area contributed by atoms with Gasteiger partial charge in [-0.05, 0) is 43.0 Å². The van der Waals surface area contributed by atoms with Crippen molar-refractivity contribution in [1.29, 1.82) is 0 Å². The molecule has 0 bridgehead atoms. The van der Waals surface area contributed by atoms with E-state index >= 15 is 0 Å². The Labute approximate surface area is 201 Å². The Balaban J connectivity index is 1.65. The fraction of sp³-hybridized carbons (Fsp3) is 0.231. The molecule has 5 rings (SSSR count). The molecule has 0 saturated heterocycles. The van der Waals surface area contributed by atoms with Gasteiger partial charge in [0.15, 0.2) is 5.82 Å². The smallest absolute Gasteiger partial charge is 0.306 e. The molecule has 7 nitrogen and oxygen atoms in total. The maximum atomic E-state index is 11.7. The normalized spacial score (nSPS) is 14.8. The molecule has 0 saturated carbocycles. The number of aryl methyl sites for hydroxylation is 2. The molecule has 1 aliphatic heterocycles. The number of aliphatic imine (C=N–C) groups is 1. The van der Waals surface area contributed by atoms with Crippen LogP contribution in [0, 0.1) is 20.8 Å². The van der Waals surface area contributed by atoms with Crippen molar-refractivity contribution < 1.29 is 15.0 Å². The first-order chi connectivity index (χ1) is 16.4. The van der Waals surface area contributed by atoms with Crippen LogP contribution in [0.1, 0.15) is 51.2 Å². The van der Waals surface area contributed by atoms with Gasteiger partial charge in [-0.3, -0.25) is 14.4 Å². The molecule has 3 heterocycles. The molecule has 0 radical (unpaired) electrons. The van der Waals surface area contributed by atoms with Gasteiger partial charge in [0.2, 0.25) is 0 Å². The summed E-state index contributed by atoms with van der Waals surface area (Å²) in [5.74, 6) is 0.337. The fourth-order valence-electron chi connectivity index (χ4n) is 4.31. The largest absolute Gasteiger partial charge is 0.481 e. The summed E-state index contributed by atoms with van der Waals surface area (Å²) >= 11 is 1.65. The minimum Gasteiger partial charge on any atom is -0.481 e. The van der Waals surface area contributed by atoms with Gasteiger partial charge in [-0.15, -0.1) is 21.5 Å². The number of aliphatic hydroxyl groups is 1. The topological polar surface area (TPSA) is 101 Å². The van der Waals surface area contributed by atoms with Crippen LogP contribution in [-0.2, 0) is 11.4 Å². The maximum absolute atomic E-state index is 11.7. The number of carboxylic acid groups (broad SMARTS) is 1. The number of rotatable bonds is 5. The van der Waals surface area contributed by atoms with Crippen LogP contribution in [0.5, 0.6) is 0 Å². The maximum Gasteiger partial charge on any atom is 0.306 e. The average Bonchev–Trinajstić information content (AvgIpc) is 3.31. The lowest BCUT2D eigenvalue weighted by Crippen LogP contribution is -2.10. The number of carbonyl (C=O) groups is 1. The molecule has 1 aliphatic rings. The number of hydrogen-bond donors (Lipinski definition) is 2. The third kappa shape index (κ3) is 3.74. The summed E-state index contributed by atoms with van der Waals surface area (Å²) in [6, 6.07) is 15.3. The third-order valence-corrected chi connectivity index (χ3v) is 7.43. The van der Waals surface area contributed by atoms with E-state index in [-0.39, 0.29) is 13.0 Å². The minimum atomic E-state index is -0.930. The highest BCUT2D eigenvalue weighted by Crippen LogP contribution is 2.39. The van der Waals surface area contributed by atoms with Crippen LogP contribution in [0.15, 0.2) is 53.5 Å². The van der Waals surface area contributed by atoms with Gasteiger partial charge >= 0.3 is 5.97 Å². The predicted molar refractivity (Wildman–Crippen MR) is 132 cm³/mol. The van der Waals surface area contributed by atoms with Gasteiger partial charge in [-0.1, -0.05) is 48.5 Å². The average molecular weight is 473 g/mol. The van der Waals surface area contributed by atoms with E-state index in [0.29, 0.717) is 11.6 Å². The van der Waals surface area contributed by atoms with Crippen LogP contribution in [0.3, 0.4) is 0 Å². The first-order valence-electron chi connectivity index (χ1n) is 11.0. The van der Waals surface area contributed by atoms with E-state index < -0.39 is 12.0 Å². The summed E-state index contributed by atoms with van der Waals surface area (Å²) in [5.41, 5.74) is 6.80. The summed E-state index contributed by atoms with van der Waals surface area (Å²) in [5, 5.41) is 28.4. The number of thiophene rings is 1. The van der Waals surface area contributed by atoms with Crippen molar-refractivity contribution in [3.63, 3.8) is 0 Å². The van der Waals surface area contributed by atoms with Gasteiger partial charge in [0, 0.05) is 16.0 Å². The number of aromatic nitrogens is 3. The Morgan fingerprint density at radius 1 is 0.971 bits per heavy atom. The first-order valence-corrected chi connectivity index (χ1v) is 11.8. The fourth-order valence-corrected chi connectivity index (χ4v) is 5.53. The number of nitrogens with zero attached hydrogens (tertiary/aromatic N) is 4. The molecule has 2 N–H and O–H groups in total. The summed E-state index contributed by atoms with van der Waals surface area (Å²) in [6.07, 6.45) is -0.163. The van der Waals surface area contributed by atoms with Crippen molar-refractivity contribution in [2.75, 3.05) is 0 Å². The molecule has 2 aromatic carbocycles. The van der Waals surface area contributed by atoms with Gasteiger partial charge in [-0.2, -0.15) is 0 Å². The van der Waals surface area contributed by atoms with Crippen LogP contribution in [-0.4, -0.2) is 36.7 Å². The Morgan fingerprint density at radius 2 is 1.59 bits per heavy atom. The van der Waals surface area contributed by atoms with E-state index in [2.05, 4.69) is 24.0 Å². The second-order valence-electron chi connectivity index (χ2n) is 8.43. The molecule has 2 aromatic heterocycles. The van der Waals surface area contributed by atoms with Crippen LogP contribution in [0.2, 0.25) is 0 Å². The summed E-state index contributed by atoms with van der Waals surface area (Å²) in [7, 11) is 0. The van der Waals surface area contributed by atoms with Crippen LogP contribution in [0.4, 0.5) is 0 Å². The first kappa shape index (κ1) is 22.2. The molecular weight excluding hydrogens is 448 g/mol. The van der Waals surface area contributed by atoms with E-state index in [1.807, 2.05) is 60.0 Å². The molecule has 34 heavy (non-hydrogen) atoms. The third-order valence-electron chi connectivity index (χ3n) is 6.24. The molecule has 8 heteroatoms. The second-order valence-corrected chi connectivity index (χ2v) is 9.63. The summed E-state index contributed by atoms with van der Waals surface area (Å²) < 4.78 is 1.96. The number of hydrogen-bond acceptors (Lipinski definition) is 6. The summed E-state index contributed by atoms with van der Waals surface area (Å²) in [6.45, 7) is 6.06. The zero-order valence-electron chi connectivity index (χ0n) is 19.1. The molecule has 0 fully saturated rings. The molecule has 172 valence electrons. The van der Waals surface area contributed by atoms with Crippen LogP contribution >= 0.6 is 11.3 Å². The van der Waals surface area contributed by atoms with E-state index in [9.17, 15) is 15.0 Å². The van der Waals surface area contributed by atoms with Crippen molar-refractivity contribution in [3.05, 3.63) is 87.3 Å². The predicted octanol–water partition coefficient (Wildman–Crippen LogP) is 4.78. The lowest BCUT2D eigenvalue weighted by Gasteiger charge is -2.11. The van der Waals surface area contributed by atoms with Crippen molar-refractivity contribution >= 4 is 23.0 Å². The van der Waals surface area contributed by atoms with E-state index in [1.165, 1.54) is 4.88 Å². The number of fused-ring (bicyclic) bond motifs is 3. The Hall–Kier alpha value is -3.62. The quantitative estimate of drug-likeness (QED) is 0.435. The Morgan fingerprint density at radius 3 is 2.21 bits per heavy atom. The Kier molecular flexibility index (Phi) is 5.63. The highest BCUT2D eigenvalue weighted by Gasteiger charge is 2.32. The molecule has 0 aliphatic carbocycles. The lowest BCUT2D eigenvalue weighted by molar-refractivity contribution is -0.137.